The van der Waals surface area contributed by atoms with Gasteiger partial charge < -0.3 is 5.32 Å². The van der Waals surface area contributed by atoms with Crippen LogP contribution in [0.4, 0.5) is 4.79 Å². The van der Waals surface area contributed by atoms with E-state index in [0.717, 1.165) is 0 Å². The highest BCUT2D eigenvalue weighted by Crippen LogP contribution is 2.11. The number of halogens is 1. The van der Waals surface area contributed by atoms with Crippen molar-refractivity contribution in [2.45, 2.75) is 18.9 Å². The van der Waals surface area contributed by atoms with E-state index in [1.165, 1.54) is 0 Å². The van der Waals surface area contributed by atoms with Crippen LogP contribution < -0.4 is 10.6 Å². The van der Waals surface area contributed by atoms with Crippen molar-refractivity contribution in [3.8, 4) is 0 Å². The fourth-order valence-electron chi connectivity index (χ4n) is 1.42. The van der Waals surface area contributed by atoms with E-state index < -0.39 is 21.8 Å². The Morgan fingerprint density at radius 1 is 1.25 bits per heavy atom. The highest BCUT2D eigenvalue weighted by Gasteiger charge is 2.24. The molecule has 0 saturated carbocycles. The lowest BCUT2D eigenvalue weighted by molar-refractivity contribution is -0.117. The van der Waals surface area contributed by atoms with Crippen molar-refractivity contribution in [2.75, 3.05) is 17.4 Å². The van der Waals surface area contributed by atoms with E-state index in [1.54, 1.807) is 0 Å². The predicted octanol–water partition coefficient (Wildman–Crippen LogP) is -0.372. The van der Waals surface area contributed by atoms with Crippen LogP contribution >= 0.6 is 11.6 Å². The first-order valence-corrected chi connectivity index (χ1v) is 7.15. The van der Waals surface area contributed by atoms with Crippen LogP contribution in [0.1, 0.15) is 12.8 Å². The van der Waals surface area contributed by atoms with Gasteiger partial charge in [0.25, 0.3) is 0 Å². The van der Waals surface area contributed by atoms with E-state index in [4.69, 9.17) is 11.6 Å². The molecule has 1 saturated heterocycles. The average Bonchev–Trinajstić information content (AvgIpc) is 2.21. The molecule has 0 unspecified atom stereocenters. The van der Waals surface area contributed by atoms with Gasteiger partial charge >= 0.3 is 6.03 Å². The number of urea groups is 1. The summed E-state index contributed by atoms with van der Waals surface area (Å²) in [5.74, 6) is -0.725. The smallest absolute Gasteiger partial charge is 0.321 e. The Balaban J connectivity index is 2.34. The maximum Gasteiger partial charge on any atom is 0.321 e. The van der Waals surface area contributed by atoms with Crippen LogP contribution in [-0.2, 0) is 14.6 Å². The number of rotatable bonds is 2. The van der Waals surface area contributed by atoms with Crippen molar-refractivity contribution in [1.82, 2.24) is 10.6 Å². The van der Waals surface area contributed by atoms with E-state index in [2.05, 4.69) is 5.32 Å². The molecule has 1 heterocycles. The van der Waals surface area contributed by atoms with Gasteiger partial charge in [0, 0.05) is 6.04 Å². The molecular weight excluding hydrogens is 256 g/mol. The SMILES string of the molecule is O=C(CCl)NC(=O)NC1CCS(=O)(=O)CC1. The zero-order chi connectivity index (χ0) is 12.2. The number of carbonyl (C=O) groups is 2. The molecule has 16 heavy (non-hydrogen) atoms. The molecule has 0 radical (unpaired) electrons. The largest absolute Gasteiger partial charge is 0.335 e. The average molecular weight is 269 g/mol. The zero-order valence-electron chi connectivity index (χ0n) is 8.53. The van der Waals surface area contributed by atoms with Gasteiger partial charge in [-0.25, -0.2) is 13.2 Å². The van der Waals surface area contributed by atoms with Crippen LogP contribution in [0.25, 0.3) is 0 Å². The first-order chi connectivity index (χ1) is 7.43. The van der Waals surface area contributed by atoms with Crippen molar-refractivity contribution in [1.29, 1.82) is 0 Å². The fraction of sp³-hybridized carbons (Fsp3) is 0.750. The molecule has 0 spiro atoms. The lowest BCUT2D eigenvalue weighted by Crippen LogP contribution is -2.47. The van der Waals surface area contributed by atoms with Crippen molar-refractivity contribution in [3.63, 3.8) is 0 Å². The minimum Gasteiger partial charge on any atom is -0.335 e. The van der Waals surface area contributed by atoms with Gasteiger partial charge in [-0.05, 0) is 12.8 Å². The molecule has 3 amide bonds. The van der Waals surface area contributed by atoms with Gasteiger partial charge in [0.1, 0.15) is 15.7 Å². The summed E-state index contributed by atoms with van der Waals surface area (Å²) in [4.78, 5) is 22.0. The summed E-state index contributed by atoms with van der Waals surface area (Å²) in [5, 5.41) is 4.56. The van der Waals surface area contributed by atoms with Crippen molar-refractivity contribution >= 4 is 33.4 Å². The van der Waals surface area contributed by atoms with Crippen LogP contribution in [0, 0.1) is 0 Å². The number of hydrogen-bond acceptors (Lipinski definition) is 4. The van der Waals surface area contributed by atoms with Crippen LogP contribution in [0.2, 0.25) is 0 Å². The number of hydrogen-bond donors (Lipinski definition) is 2. The summed E-state index contributed by atoms with van der Waals surface area (Å²) in [7, 11) is -2.94. The molecule has 0 aromatic heterocycles. The lowest BCUT2D eigenvalue weighted by atomic mass is 10.2. The molecule has 0 atom stereocenters. The quantitative estimate of drug-likeness (QED) is 0.668. The van der Waals surface area contributed by atoms with Gasteiger partial charge in [-0.3, -0.25) is 10.1 Å². The summed E-state index contributed by atoms with van der Waals surface area (Å²) < 4.78 is 22.2. The second-order valence-corrected chi connectivity index (χ2v) is 6.15. The van der Waals surface area contributed by atoms with E-state index >= 15 is 0 Å². The molecule has 6 nitrogen and oxygen atoms in total. The van der Waals surface area contributed by atoms with Crippen LogP contribution in [0.15, 0.2) is 0 Å². The maximum atomic E-state index is 11.2. The monoisotopic (exact) mass is 268 g/mol. The Bertz CT molecular complexity index is 367. The van der Waals surface area contributed by atoms with Crippen molar-refractivity contribution in [2.24, 2.45) is 0 Å². The minimum absolute atomic E-state index is 0.0708. The molecule has 0 aromatic carbocycles. The standard InChI is InChI=1S/C8H13ClN2O4S/c9-5-7(12)11-8(13)10-6-1-3-16(14,15)4-2-6/h6H,1-5H2,(H2,10,11,12,13). The maximum absolute atomic E-state index is 11.2. The second kappa shape index (κ2) is 5.49. The molecule has 1 rings (SSSR count). The second-order valence-electron chi connectivity index (χ2n) is 3.58. The molecule has 1 aliphatic heterocycles. The fourth-order valence-corrected chi connectivity index (χ4v) is 2.97. The third-order valence-corrected chi connectivity index (χ3v) is 4.22. The van der Waals surface area contributed by atoms with E-state index in [9.17, 15) is 18.0 Å². The van der Waals surface area contributed by atoms with Gasteiger partial charge in [-0.2, -0.15) is 0 Å². The summed E-state index contributed by atoms with van der Waals surface area (Å²) in [5.41, 5.74) is 0. The van der Waals surface area contributed by atoms with Crippen LogP contribution in [0.5, 0.6) is 0 Å². The van der Waals surface area contributed by atoms with Crippen LogP contribution in [-0.4, -0.2) is 43.8 Å². The van der Waals surface area contributed by atoms with Gasteiger partial charge in [0.15, 0.2) is 0 Å². The third kappa shape index (κ3) is 4.36. The Morgan fingerprint density at radius 2 is 1.81 bits per heavy atom. The molecule has 0 aliphatic carbocycles. The van der Waals surface area contributed by atoms with Crippen molar-refractivity contribution < 1.29 is 18.0 Å². The number of nitrogens with one attached hydrogen (secondary N) is 2. The number of amides is 3. The van der Waals surface area contributed by atoms with E-state index in [1.807, 2.05) is 5.32 Å². The number of alkyl halides is 1. The third-order valence-electron chi connectivity index (χ3n) is 2.26. The van der Waals surface area contributed by atoms with Gasteiger partial charge in [-0.1, -0.05) is 0 Å². The highest BCUT2D eigenvalue weighted by molar-refractivity contribution is 7.91. The first kappa shape index (κ1) is 13.2. The summed E-state index contributed by atoms with van der Waals surface area (Å²) in [6.07, 6.45) is 0.760. The summed E-state index contributed by atoms with van der Waals surface area (Å²) in [6.45, 7) is 0. The summed E-state index contributed by atoms with van der Waals surface area (Å²) in [6, 6.07) is -0.832. The lowest BCUT2D eigenvalue weighted by Gasteiger charge is -2.22. The number of sulfone groups is 1. The predicted molar refractivity (Wildman–Crippen MR) is 59.1 cm³/mol. The van der Waals surface area contributed by atoms with Crippen molar-refractivity contribution in [3.05, 3.63) is 0 Å². The Labute approximate surface area is 98.6 Å². The highest BCUT2D eigenvalue weighted by atomic mass is 35.5. The van der Waals surface area contributed by atoms with E-state index in [-0.39, 0.29) is 23.4 Å². The topological polar surface area (TPSA) is 92.3 Å². The molecule has 0 aromatic rings. The van der Waals surface area contributed by atoms with Gasteiger partial charge in [0.2, 0.25) is 5.91 Å². The Kier molecular flexibility index (Phi) is 4.55. The minimum atomic E-state index is -2.94. The van der Waals surface area contributed by atoms with Gasteiger partial charge in [0.05, 0.1) is 11.5 Å². The Morgan fingerprint density at radius 3 is 2.31 bits per heavy atom. The first-order valence-electron chi connectivity index (χ1n) is 4.79. The molecule has 0 bridgehead atoms. The molecular formula is C8H13ClN2O4S. The van der Waals surface area contributed by atoms with Crippen LogP contribution in [0.3, 0.4) is 0 Å². The number of carbonyl (C=O) groups excluding carboxylic acids is 2. The molecule has 8 heteroatoms. The normalized spacial score (nSPS) is 20.1. The zero-order valence-corrected chi connectivity index (χ0v) is 10.1. The molecule has 1 fully saturated rings. The number of imide groups is 1. The van der Waals surface area contributed by atoms with E-state index in [0.29, 0.717) is 12.8 Å². The van der Waals surface area contributed by atoms with Gasteiger partial charge in [-0.15, -0.1) is 11.6 Å². The Hall–Kier alpha value is -0.820. The molecule has 92 valence electrons. The molecule has 1 aliphatic rings. The summed E-state index contributed by atoms with van der Waals surface area (Å²) >= 11 is 5.20. The molecule has 2 N–H and O–H groups in total.